The molecule has 0 saturated carbocycles. The third-order valence-electron chi connectivity index (χ3n) is 2.82. The predicted octanol–water partition coefficient (Wildman–Crippen LogP) is 3.67. The van der Waals surface area contributed by atoms with Gasteiger partial charge in [0, 0.05) is 22.5 Å². The van der Waals surface area contributed by atoms with Gasteiger partial charge in [0.25, 0.3) is 0 Å². The second-order valence-corrected chi connectivity index (χ2v) is 4.95. The van der Waals surface area contributed by atoms with Crippen LogP contribution in [-0.4, -0.2) is 17.8 Å². The molecule has 2 nitrogen and oxygen atoms in total. The fraction of sp³-hybridized carbons (Fsp3) is 0.154. The van der Waals surface area contributed by atoms with Crippen LogP contribution in [-0.2, 0) is 4.18 Å². The van der Waals surface area contributed by atoms with Crippen LogP contribution >= 0.6 is 23.6 Å². The standard InChI is InChI=1S/C13H9ClO2S/c14-7-10-13(15)12-9-4-2-1-3-8(9)5-6-11(12)17-16-10/h1-6,10H,7H2. The number of hydrogen-bond acceptors (Lipinski definition) is 3. The maximum atomic E-state index is 12.2. The first-order chi connectivity index (χ1) is 8.31. The van der Waals surface area contributed by atoms with E-state index in [4.69, 9.17) is 15.8 Å². The number of Topliss-reactive ketones (excluding diaryl/α,β-unsaturated/α-hetero) is 1. The Morgan fingerprint density at radius 2 is 2.06 bits per heavy atom. The van der Waals surface area contributed by atoms with Crippen molar-refractivity contribution < 1.29 is 8.98 Å². The second-order valence-electron chi connectivity index (χ2n) is 3.85. The van der Waals surface area contributed by atoms with Crippen molar-refractivity contribution in [1.29, 1.82) is 0 Å². The molecular weight excluding hydrogens is 256 g/mol. The molecule has 0 amide bonds. The summed E-state index contributed by atoms with van der Waals surface area (Å²) in [6.45, 7) is 0. The minimum atomic E-state index is -0.542. The number of fused-ring (bicyclic) bond motifs is 3. The molecule has 0 spiro atoms. The smallest absolute Gasteiger partial charge is 0.195 e. The topological polar surface area (TPSA) is 26.3 Å². The summed E-state index contributed by atoms with van der Waals surface area (Å²) in [5, 5.41) is 2.04. The van der Waals surface area contributed by atoms with Crippen molar-refractivity contribution >= 4 is 40.2 Å². The third-order valence-corrected chi connectivity index (χ3v) is 3.95. The van der Waals surface area contributed by atoms with Gasteiger partial charge in [-0.1, -0.05) is 30.3 Å². The minimum absolute atomic E-state index is 0.0226. The molecule has 86 valence electrons. The van der Waals surface area contributed by atoms with Gasteiger partial charge in [-0.2, -0.15) is 0 Å². The number of alkyl halides is 1. The van der Waals surface area contributed by atoms with Crippen molar-refractivity contribution in [2.24, 2.45) is 0 Å². The fourth-order valence-electron chi connectivity index (χ4n) is 1.99. The zero-order chi connectivity index (χ0) is 11.8. The van der Waals surface area contributed by atoms with Gasteiger partial charge >= 0.3 is 0 Å². The number of halogens is 1. The van der Waals surface area contributed by atoms with Gasteiger partial charge in [-0.25, -0.2) is 0 Å². The van der Waals surface area contributed by atoms with E-state index in [1.54, 1.807) is 0 Å². The summed E-state index contributed by atoms with van der Waals surface area (Å²) in [5.41, 5.74) is 0.741. The molecule has 4 heteroatoms. The number of benzene rings is 2. The van der Waals surface area contributed by atoms with Crippen LogP contribution in [0.5, 0.6) is 0 Å². The fourth-order valence-corrected chi connectivity index (χ4v) is 3.06. The molecule has 0 bridgehead atoms. The first-order valence-electron chi connectivity index (χ1n) is 5.26. The molecule has 3 rings (SSSR count). The minimum Gasteiger partial charge on any atom is -0.297 e. The van der Waals surface area contributed by atoms with Crippen LogP contribution in [0, 0.1) is 0 Å². The Labute approximate surface area is 108 Å². The highest BCUT2D eigenvalue weighted by molar-refractivity contribution is 7.95. The van der Waals surface area contributed by atoms with Crippen LogP contribution < -0.4 is 0 Å². The molecule has 1 heterocycles. The number of carbonyl (C=O) groups is 1. The maximum absolute atomic E-state index is 12.2. The number of ketones is 1. The zero-order valence-corrected chi connectivity index (χ0v) is 10.4. The average Bonchev–Trinajstić information content (AvgIpc) is 2.38. The molecule has 0 aliphatic carbocycles. The highest BCUT2D eigenvalue weighted by Crippen LogP contribution is 2.36. The number of carbonyl (C=O) groups excluding carboxylic acids is 1. The molecule has 1 atom stereocenters. The number of rotatable bonds is 1. The molecule has 2 aromatic rings. The van der Waals surface area contributed by atoms with E-state index < -0.39 is 6.10 Å². The highest BCUT2D eigenvalue weighted by atomic mass is 35.5. The molecule has 2 aromatic carbocycles. The van der Waals surface area contributed by atoms with Crippen LogP contribution in [0.1, 0.15) is 10.4 Å². The van der Waals surface area contributed by atoms with Crippen molar-refractivity contribution in [3.05, 3.63) is 42.0 Å². The van der Waals surface area contributed by atoms with Crippen LogP contribution in [0.4, 0.5) is 0 Å². The van der Waals surface area contributed by atoms with Crippen molar-refractivity contribution in [2.45, 2.75) is 11.0 Å². The van der Waals surface area contributed by atoms with E-state index in [-0.39, 0.29) is 11.7 Å². The van der Waals surface area contributed by atoms with E-state index in [9.17, 15) is 4.79 Å². The van der Waals surface area contributed by atoms with Gasteiger partial charge < -0.3 is 0 Å². The molecule has 0 N–H and O–H groups in total. The van der Waals surface area contributed by atoms with Gasteiger partial charge in [0.1, 0.15) is 6.10 Å². The first kappa shape index (κ1) is 11.1. The molecule has 0 radical (unpaired) electrons. The van der Waals surface area contributed by atoms with Gasteiger partial charge in [0.15, 0.2) is 5.78 Å². The molecule has 17 heavy (non-hydrogen) atoms. The van der Waals surface area contributed by atoms with E-state index >= 15 is 0 Å². The van der Waals surface area contributed by atoms with Crippen LogP contribution in [0.3, 0.4) is 0 Å². The molecule has 0 fully saturated rings. The summed E-state index contributed by atoms with van der Waals surface area (Å²) in [5.74, 6) is 0.166. The third kappa shape index (κ3) is 1.75. The van der Waals surface area contributed by atoms with Gasteiger partial charge in [-0.3, -0.25) is 8.98 Å². The van der Waals surface area contributed by atoms with E-state index in [1.165, 1.54) is 12.0 Å². The molecule has 0 saturated heterocycles. The Bertz CT molecular complexity index is 597. The lowest BCUT2D eigenvalue weighted by atomic mass is 9.99. The van der Waals surface area contributed by atoms with E-state index in [1.807, 2.05) is 36.4 Å². The summed E-state index contributed by atoms with van der Waals surface area (Å²) < 4.78 is 5.35. The van der Waals surface area contributed by atoms with Crippen LogP contribution in [0.2, 0.25) is 0 Å². The Hall–Kier alpha value is -1.03. The van der Waals surface area contributed by atoms with Gasteiger partial charge in [-0.05, 0) is 16.8 Å². The molecular formula is C13H9ClO2S. The lowest BCUT2D eigenvalue weighted by molar-refractivity contribution is 0.0837. The SMILES string of the molecule is O=C1c2c(ccc3ccccc23)SOC1CCl. The Morgan fingerprint density at radius 1 is 1.24 bits per heavy atom. The normalized spacial score (nSPS) is 19.4. The quantitative estimate of drug-likeness (QED) is 0.581. The summed E-state index contributed by atoms with van der Waals surface area (Å²) in [7, 11) is 0. The highest BCUT2D eigenvalue weighted by Gasteiger charge is 2.30. The lowest BCUT2D eigenvalue weighted by Gasteiger charge is -2.22. The van der Waals surface area contributed by atoms with Gasteiger partial charge in [0.05, 0.1) is 5.88 Å². The maximum Gasteiger partial charge on any atom is 0.195 e. The average molecular weight is 265 g/mol. The Balaban J connectivity index is 2.27. The van der Waals surface area contributed by atoms with Crippen molar-refractivity contribution in [1.82, 2.24) is 0 Å². The van der Waals surface area contributed by atoms with Crippen LogP contribution in [0.15, 0.2) is 41.3 Å². The van der Waals surface area contributed by atoms with Crippen molar-refractivity contribution in [3.63, 3.8) is 0 Å². The van der Waals surface area contributed by atoms with Crippen molar-refractivity contribution in [3.8, 4) is 0 Å². The van der Waals surface area contributed by atoms with Crippen molar-refractivity contribution in [2.75, 3.05) is 5.88 Å². The van der Waals surface area contributed by atoms with E-state index in [2.05, 4.69) is 0 Å². The first-order valence-corrected chi connectivity index (χ1v) is 6.54. The molecule has 1 unspecified atom stereocenters. The summed E-state index contributed by atoms with van der Waals surface area (Å²) in [4.78, 5) is 13.1. The summed E-state index contributed by atoms with van der Waals surface area (Å²) in [6.07, 6.45) is -0.542. The molecule has 1 aliphatic rings. The lowest BCUT2D eigenvalue weighted by Crippen LogP contribution is -2.27. The second kappa shape index (κ2) is 4.33. The summed E-state index contributed by atoms with van der Waals surface area (Å²) >= 11 is 6.97. The molecule has 1 aliphatic heterocycles. The van der Waals surface area contributed by atoms with Gasteiger partial charge in [-0.15, -0.1) is 11.6 Å². The Morgan fingerprint density at radius 3 is 2.88 bits per heavy atom. The van der Waals surface area contributed by atoms with Crippen LogP contribution in [0.25, 0.3) is 10.8 Å². The van der Waals surface area contributed by atoms with E-state index in [0.29, 0.717) is 0 Å². The van der Waals surface area contributed by atoms with E-state index in [0.717, 1.165) is 21.2 Å². The zero-order valence-electron chi connectivity index (χ0n) is 8.85. The predicted molar refractivity (Wildman–Crippen MR) is 69.7 cm³/mol. The summed E-state index contributed by atoms with van der Waals surface area (Å²) in [6, 6.07) is 11.8. The Kier molecular flexibility index (Phi) is 2.82. The molecule has 0 aromatic heterocycles. The number of hydrogen-bond donors (Lipinski definition) is 0. The largest absolute Gasteiger partial charge is 0.297 e. The van der Waals surface area contributed by atoms with Gasteiger partial charge in [0.2, 0.25) is 0 Å². The monoisotopic (exact) mass is 264 g/mol.